The second-order valence-corrected chi connectivity index (χ2v) is 4.11. The molecule has 16 heavy (non-hydrogen) atoms. The fraction of sp³-hybridized carbons (Fsp3) is 0.417. The first kappa shape index (κ1) is 11.0. The number of carbonyl (C=O) groups is 1. The lowest BCUT2D eigenvalue weighted by molar-refractivity contribution is -0.117. The van der Waals surface area contributed by atoms with Gasteiger partial charge >= 0.3 is 0 Å². The van der Waals surface area contributed by atoms with E-state index in [0.29, 0.717) is 13.0 Å². The average molecular weight is 219 g/mol. The summed E-state index contributed by atoms with van der Waals surface area (Å²) in [6, 6.07) is 5.65. The minimum Gasteiger partial charge on any atom is -0.399 e. The maximum absolute atomic E-state index is 11.8. The molecule has 0 fully saturated rings. The van der Waals surface area contributed by atoms with E-state index in [1.54, 1.807) is 0 Å². The summed E-state index contributed by atoms with van der Waals surface area (Å²) in [5.41, 5.74) is 13.9. The van der Waals surface area contributed by atoms with Crippen molar-refractivity contribution in [3.63, 3.8) is 0 Å². The Kier molecular flexibility index (Phi) is 3.10. The van der Waals surface area contributed by atoms with Gasteiger partial charge in [0.15, 0.2) is 0 Å². The molecule has 0 radical (unpaired) electrons. The van der Waals surface area contributed by atoms with E-state index >= 15 is 0 Å². The molecule has 1 heterocycles. The number of unbranched alkanes of at least 4 members (excludes halogenated alkanes) is 1. The fourth-order valence-electron chi connectivity index (χ4n) is 2.06. The third kappa shape index (κ3) is 2.02. The number of rotatable bonds is 4. The van der Waals surface area contributed by atoms with E-state index in [4.69, 9.17) is 11.5 Å². The molecule has 4 heteroatoms. The first-order valence-electron chi connectivity index (χ1n) is 5.61. The summed E-state index contributed by atoms with van der Waals surface area (Å²) < 4.78 is 0. The van der Waals surface area contributed by atoms with Crippen molar-refractivity contribution in [3.05, 3.63) is 23.8 Å². The van der Waals surface area contributed by atoms with Gasteiger partial charge in [-0.3, -0.25) is 4.79 Å². The number of nitrogens with zero attached hydrogens (tertiary/aromatic N) is 1. The molecule has 0 saturated heterocycles. The Bertz CT molecular complexity index is 403. The number of nitrogens with two attached hydrogens (primary N) is 2. The molecule has 0 atom stereocenters. The highest BCUT2D eigenvalue weighted by atomic mass is 16.2. The first-order chi connectivity index (χ1) is 7.72. The molecule has 1 aliphatic rings. The van der Waals surface area contributed by atoms with Crippen LogP contribution in [-0.2, 0) is 11.2 Å². The van der Waals surface area contributed by atoms with Crippen LogP contribution in [0.5, 0.6) is 0 Å². The van der Waals surface area contributed by atoms with Crippen molar-refractivity contribution >= 4 is 17.3 Å². The summed E-state index contributed by atoms with van der Waals surface area (Å²) in [5.74, 6) is 0.164. The van der Waals surface area contributed by atoms with Gasteiger partial charge in [0.05, 0.1) is 6.42 Å². The van der Waals surface area contributed by atoms with Crippen LogP contribution in [0.2, 0.25) is 0 Å². The monoisotopic (exact) mass is 219 g/mol. The number of carbonyl (C=O) groups excluding carboxylic acids is 1. The molecule has 0 aliphatic carbocycles. The molecule has 1 aliphatic heterocycles. The smallest absolute Gasteiger partial charge is 0.231 e. The van der Waals surface area contributed by atoms with Crippen molar-refractivity contribution in [3.8, 4) is 0 Å². The van der Waals surface area contributed by atoms with Gasteiger partial charge in [-0.2, -0.15) is 0 Å². The molecule has 1 aromatic rings. The van der Waals surface area contributed by atoms with Gasteiger partial charge in [-0.25, -0.2) is 0 Å². The van der Waals surface area contributed by atoms with Gasteiger partial charge in [0.2, 0.25) is 5.91 Å². The van der Waals surface area contributed by atoms with E-state index < -0.39 is 0 Å². The van der Waals surface area contributed by atoms with Crippen molar-refractivity contribution in [2.45, 2.75) is 19.3 Å². The van der Waals surface area contributed by atoms with Gasteiger partial charge < -0.3 is 16.4 Å². The third-order valence-corrected chi connectivity index (χ3v) is 2.87. The summed E-state index contributed by atoms with van der Waals surface area (Å²) in [4.78, 5) is 13.6. The molecule has 0 aromatic heterocycles. The van der Waals surface area contributed by atoms with Crippen LogP contribution in [0, 0.1) is 0 Å². The zero-order valence-corrected chi connectivity index (χ0v) is 9.28. The number of fused-ring (bicyclic) bond motifs is 1. The second kappa shape index (κ2) is 4.53. The Hall–Kier alpha value is -1.55. The lowest BCUT2D eigenvalue weighted by atomic mass is 10.1. The van der Waals surface area contributed by atoms with Crippen molar-refractivity contribution in [2.75, 3.05) is 23.7 Å². The Morgan fingerprint density at radius 2 is 2.12 bits per heavy atom. The highest BCUT2D eigenvalue weighted by Gasteiger charge is 2.26. The van der Waals surface area contributed by atoms with Crippen molar-refractivity contribution < 1.29 is 4.79 Å². The molecule has 0 saturated carbocycles. The van der Waals surface area contributed by atoms with Crippen molar-refractivity contribution in [1.82, 2.24) is 0 Å². The standard InChI is InChI=1S/C12H17N3O/c13-5-1-2-6-15-11-4-3-10(14)7-9(11)8-12(15)16/h3-4,7H,1-2,5-6,8,13-14H2. The Morgan fingerprint density at radius 3 is 2.88 bits per heavy atom. The van der Waals surface area contributed by atoms with E-state index in [2.05, 4.69) is 0 Å². The number of hydrogen-bond acceptors (Lipinski definition) is 3. The molecule has 0 spiro atoms. The highest BCUT2D eigenvalue weighted by molar-refractivity contribution is 6.01. The molecule has 86 valence electrons. The van der Waals surface area contributed by atoms with E-state index in [9.17, 15) is 4.79 Å². The van der Waals surface area contributed by atoms with Crippen LogP contribution < -0.4 is 16.4 Å². The summed E-state index contributed by atoms with van der Waals surface area (Å²) in [6.45, 7) is 1.43. The maximum atomic E-state index is 11.8. The molecule has 2 rings (SSSR count). The summed E-state index contributed by atoms with van der Waals surface area (Å²) in [6.07, 6.45) is 2.38. The van der Waals surface area contributed by atoms with Gasteiger partial charge in [-0.15, -0.1) is 0 Å². The van der Waals surface area contributed by atoms with Crippen LogP contribution in [0.15, 0.2) is 18.2 Å². The largest absolute Gasteiger partial charge is 0.399 e. The van der Waals surface area contributed by atoms with E-state index in [-0.39, 0.29) is 5.91 Å². The van der Waals surface area contributed by atoms with Gasteiger partial charge in [0.1, 0.15) is 0 Å². The predicted octanol–water partition coefficient (Wildman–Crippen LogP) is 0.897. The van der Waals surface area contributed by atoms with E-state index in [1.165, 1.54) is 0 Å². The summed E-state index contributed by atoms with van der Waals surface area (Å²) in [5, 5.41) is 0. The first-order valence-corrected chi connectivity index (χ1v) is 5.61. The third-order valence-electron chi connectivity index (χ3n) is 2.87. The molecular weight excluding hydrogens is 202 g/mol. The number of benzene rings is 1. The zero-order chi connectivity index (χ0) is 11.5. The minimum atomic E-state index is 0.164. The molecule has 4 nitrogen and oxygen atoms in total. The number of hydrogen-bond donors (Lipinski definition) is 2. The SMILES string of the molecule is NCCCCN1C(=O)Cc2cc(N)ccc21. The lowest BCUT2D eigenvalue weighted by Gasteiger charge is -2.17. The zero-order valence-electron chi connectivity index (χ0n) is 9.28. The number of nitrogen functional groups attached to an aromatic ring is 1. The predicted molar refractivity (Wildman–Crippen MR) is 65.2 cm³/mol. The molecule has 1 amide bonds. The highest BCUT2D eigenvalue weighted by Crippen LogP contribution is 2.30. The van der Waals surface area contributed by atoms with Gasteiger partial charge in [-0.1, -0.05) is 0 Å². The van der Waals surface area contributed by atoms with Crippen molar-refractivity contribution in [1.29, 1.82) is 0 Å². The normalized spacial score (nSPS) is 14.3. The number of anilines is 2. The van der Waals surface area contributed by atoms with Gasteiger partial charge in [0.25, 0.3) is 0 Å². The van der Waals surface area contributed by atoms with Crippen LogP contribution in [0.4, 0.5) is 11.4 Å². The molecule has 0 bridgehead atoms. The van der Waals surface area contributed by atoms with Gasteiger partial charge in [-0.05, 0) is 43.1 Å². The molecular formula is C12H17N3O. The van der Waals surface area contributed by atoms with Crippen LogP contribution in [-0.4, -0.2) is 19.0 Å². The topological polar surface area (TPSA) is 72.3 Å². The quantitative estimate of drug-likeness (QED) is 0.583. The Balaban J connectivity index is 2.13. The summed E-state index contributed by atoms with van der Waals surface area (Å²) >= 11 is 0. The molecule has 1 aromatic carbocycles. The van der Waals surface area contributed by atoms with Gasteiger partial charge in [0, 0.05) is 17.9 Å². The lowest BCUT2D eigenvalue weighted by Crippen LogP contribution is -2.28. The molecule has 4 N–H and O–H groups in total. The second-order valence-electron chi connectivity index (χ2n) is 4.11. The number of amides is 1. The Labute approximate surface area is 95.2 Å². The van der Waals surface area contributed by atoms with E-state index in [1.807, 2.05) is 23.1 Å². The van der Waals surface area contributed by atoms with Crippen LogP contribution >= 0.6 is 0 Å². The summed E-state index contributed by atoms with van der Waals surface area (Å²) in [7, 11) is 0. The van der Waals surface area contributed by atoms with Crippen LogP contribution in [0.3, 0.4) is 0 Å². The Morgan fingerprint density at radius 1 is 1.31 bits per heavy atom. The average Bonchev–Trinajstić information content (AvgIpc) is 2.55. The van der Waals surface area contributed by atoms with Crippen molar-refractivity contribution in [2.24, 2.45) is 5.73 Å². The minimum absolute atomic E-state index is 0.164. The van der Waals surface area contributed by atoms with E-state index in [0.717, 1.165) is 36.3 Å². The van der Waals surface area contributed by atoms with Crippen LogP contribution in [0.1, 0.15) is 18.4 Å². The van der Waals surface area contributed by atoms with Crippen LogP contribution in [0.25, 0.3) is 0 Å². The fourth-order valence-corrected chi connectivity index (χ4v) is 2.06. The maximum Gasteiger partial charge on any atom is 0.231 e. The molecule has 0 unspecified atom stereocenters.